The number of methoxy groups -OCH3 is 1. The Morgan fingerprint density at radius 2 is 2.00 bits per heavy atom. The summed E-state index contributed by atoms with van der Waals surface area (Å²) in [5.74, 6) is 0.734. The lowest BCUT2D eigenvalue weighted by Gasteiger charge is -2.12. The summed E-state index contributed by atoms with van der Waals surface area (Å²) in [6.07, 6.45) is -0.719. The van der Waals surface area contributed by atoms with Gasteiger partial charge in [0.2, 0.25) is 0 Å². The molecule has 0 saturated carbocycles. The number of carbonyl (C=O) groups excluding carboxylic acids is 1. The highest BCUT2D eigenvalue weighted by atomic mass is 16.5. The van der Waals surface area contributed by atoms with Crippen LogP contribution in [0.5, 0.6) is 5.75 Å². The maximum atomic E-state index is 11.1. The third-order valence-corrected chi connectivity index (χ3v) is 2.29. The van der Waals surface area contributed by atoms with Gasteiger partial charge in [-0.25, -0.2) is 4.79 Å². The third kappa shape index (κ3) is 4.32. The van der Waals surface area contributed by atoms with E-state index in [1.165, 1.54) is 0 Å². The van der Waals surface area contributed by atoms with Crippen molar-refractivity contribution in [2.45, 2.75) is 13.0 Å². The molecule has 2 amide bonds. The average Bonchev–Trinajstić information content (AvgIpc) is 2.36. The summed E-state index contributed by atoms with van der Waals surface area (Å²) in [5, 5.41) is 15.0. The van der Waals surface area contributed by atoms with Crippen molar-refractivity contribution < 1.29 is 14.6 Å². The summed E-state index contributed by atoms with van der Waals surface area (Å²) < 4.78 is 5.02. The van der Waals surface area contributed by atoms with Crippen molar-refractivity contribution >= 4 is 6.03 Å². The third-order valence-electron chi connectivity index (χ3n) is 2.29. The van der Waals surface area contributed by atoms with Gasteiger partial charge in [0.05, 0.1) is 13.2 Å². The Hall–Kier alpha value is -1.75. The van der Waals surface area contributed by atoms with Crippen LogP contribution in [-0.2, 0) is 0 Å². The molecule has 1 aromatic rings. The Balaban J connectivity index is 2.46. The molecule has 1 rings (SSSR count). The zero-order valence-electron chi connectivity index (χ0n) is 10.1. The maximum absolute atomic E-state index is 11.1. The van der Waals surface area contributed by atoms with Gasteiger partial charge in [0, 0.05) is 13.1 Å². The fourth-order valence-electron chi connectivity index (χ4n) is 1.36. The molecule has 0 bridgehead atoms. The van der Waals surface area contributed by atoms with Crippen LogP contribution in [0, 0.1) is 0 Å². The number of hydrogen-bond acceptors (Lipinski definition) is 3. The first-order chi connectivity index (χ1) is 8.17. The number of carbonyl (C=O) groups is 1. The normalized spacial score (nSPS) is 11.7. The molecule has 3 N–H and O–H groups in total. The second-order valence-corrected chi connectivity index (χ2v) is 3.53. The molecule has 0 aliphatic rings. The van der Waals surface area contributed by atoms with Crippen LogP contribution >= 0.6 is 0 Å². The first-order valence-corrected chi connectivity index (χ1v) is 5.51. The molecule has 0 fully saturated rings. The van der Waals surface area contributed by atoms with Gasteiger partial charge in [-0.1, -0.05) is 12.1 Å². The summed E-state index contributed by atoms with van der Waals surface area (Å²) >= 11 is 0. The van der Waals surface area contributed by atoms with Crippen LogP contribution in [0.4, 0.5) is 4.79 Å². The van der Waals surface area contributed by atoms with E-state index in [-0.39, 0.29) is 12.6 Å². The van der Waals surface area contributed by atoms with E-state index in [0.29, 0.717) is 6.54 Å². The molecule has 0 heterocycles. The molecule has 0 aliphatic carbocycles. The van der Waals surface area contributed by atoms with Crippen molar-refractivity contribution in [3.63, 3.8) is 0 Å². The van der Waals surface area contributed by atoms with Crippen LogP contribution < -0.4 is 15.4 Å². The first kappa shape index (κ1) is 13.3. The molecule has 1 aromatic carbocycles. The number of benzene rings is 1. The quantitative estimate of drug-likeness (QED) is 0.718. The topological polar surface area (TPSA) is 70.6 Å². The SMILES string of the molecule is CCNC(=O)NCC(O)c1ccc(OC)cc1. The molecule has 0 radical (unpaired) electrons. The molecule has 5 nitrogen and oxygen atoms in total. The summed E-state index contributed by atoms with van der Waals surface area (Å²) in [6.45, 7) is 2.57. The van der Waals surface area contributed by atoms with Crippen LogP contribution in [0.2, 0.25) is 0 Å². The monoisotopic (exact) mass is 238 g/mol. The molecule has 1 unspecified atom stereocenters. The van der Waals surface area contributed by atoms with Crippen LogP contribution in [0.15, 0.2) is 24.3 Å². The van der Waals surface area contributed by atoms with Crippen molar-refractivity contribution in [2.75, 3.05) is 20.2 Å². The summed E-state index contributed by atoms with van der Waals surface area (Å²) in [6, 6.07) is 6.79. The number of amides is 2. The van der Waals surface area contributed by atoms with Crippen molar-refractivity contribution in [1.82, 2.24) is 10.6 Å². The summed E-state index contributed by atoms with van der Waals surface area (Å²) in [7, 11) is 1.59. The molecule has 0 aliphatic heterocycles. The number of nitrogens with one attached hydrogen (secondary N) is 2. The highest BCUT2D eigenvalue weighted by Crippen LogP contribution is 2.16. The minimum absolute atomic E-state index is 0.179. The molecule has 0 spiro atoms. The Bertz CT molecular complexity index is 351. The van der Waals surface area contributed by atoms with Gasteiger partial charge >= 0.3 is 6.03 Å². The second-order valence-electron chi connectivity index (χ2n) is 3.53. The number of ether oxygens (including phenoxy) is 1. The number of aliphatic hydroxyl groups is 1. The fraction of sp³-hybridized carbons (Fsp3) is 0.417. The number of rotatable bonds is 5. The Kier molecular flexibility index (Phi) is 5.29. The van der Waals surface area contributed by atoms with E-state index in [2.05, 4.69) is 10.6 Å². The minimum Gasteiger partial charge on any atom is -0.497 e. The predicted molar refractivity (Wildman–Crippen MR) is 65.0 cm³/mol. The Labute approximate surface area is 101 Å². The van der Waals surface area contributed by atoms with E-state index in [1.54, 1.807) is 31.4 Å². The lowest BCUT2D eigenvalue weighted by atomic mass is 10.1. The zero-order valence-corrected chi connectivity index (χ0v) is 10.1. The largest absolute Gasteiger partial charge is 0.497 e. The van der Waals surface area contributed by atoms with Crippen molar-refractivity contribution in [1.29, 1.82) is 0 Å². The summed E-state index contributed by atoms with van der Waals surface area (Å²) in [5.41, 5.74) is 0.739. The predicted octanol–water partition coefficient (Wildman–Crippen LogP) is 1.05. The standard InChI is InChI=1S/C12H18N2O3/c1-3-13-12(16)14-8-11(15)9-4-6-10(17-2)7-5-9/h4-7,11,15H,3,8H2,1-2H3,(H2,13,14,16). The highest BCUT2D eigenvalue weighted by molar-refractivity contribution is 5.73. The van der Waals surface area contributed by atoms with Crippen molar-refractivity contribution in [3.8, 4) is 5.75 Å². The zero-order chi connectivity index (χ0) is 12.7. The maximum Gasteiger partial charge on any atom is 0.314 e. The van der Waals surface area contributed by atoms with Gasteiger partial charge in [-0.3, -0.25) is 0 Å². The van der Waals surface area contributed by atoms with Crippen molar-refractivity contribution in [3.05, 3.63) is 29.8 Å². The fourth-order valence-corrected chi connectivity index (χ4v) is 1.36. The number of aliphatic hydroxyl groups excluding tert-OH is 1. The smallest absolute Gasteiger partial charge is 0.314 e. The van der Waals surface area contributed by atoms with Gasteiger partial charge in [-0.15, -0.1) is 0 Å². The lowest BCUT2D eigenvalue weighted by Crippen LogP contribution is -2.37. The summed E-state index contributed by atoms with van der Waals surface area (Å²) in [4.78, 5) is 11.1. The van der Waals surface area contributed by atoms with Gasteiger partial charge in [-0.2, -0.15) is 0 Å². The van der Waals surface area contributed by atoms with Crippen LogP contribution in [-0.4, -0.2) is 31.3 Å². The van der Waals surface area contributed by atoms with E-state index in [1.807, 2.05) is 6.92 Å². The first-order valence-electron chi connectivity index (χ1n) is 5.51. The van der Waals surface area contributed by atoms with Gasteiger partial charge < -0.3 is 20.5 Å². The van der Waals surface area contributed by atoms with E-state index in [9.17, 15) is 9.90 Å². The van der Waals surface area contributed by atoms with Gasteiger partial charge in [-0.05, 0) is 24.6 Å². The molecule has 0 aromatic heterocycles. The molecule has 0 saturated heterocycles. The van der Waals surface area contributed by atoms with Crippen LogP contribution in [0.3, 0.4) is 0 Å². The van der Waals surface area contributed by atoms with E-state index in [0.717, 1.165) is 11.3 Å². The van der Waals surface area contributed by atoms with Crippen molar-refractivity contribution in [2.24, 2.45) is 0 Å². The van der Waals surface area contributed by atoms with E-state index in [4.69, 9.17) is 4.74 Å². The molecule has 1 atom stereocenters. The molecular weight excluding hydrogens is 220 g/mol. The van der Waals surface area contributed by atoms with Gasteiger partial charge in [0.25, 0.3) is 0 Å². The Morgan fingerprint density at radius 1 is 1.35 bits per heavy atom. The van der Waals surface area contributed by atoms with Crippen LogP contribution in [0.25, 0.3) is 0 Å². The Morgan fingerprint density at radius 3 is 2.53 bits per heavy atom. The number of hydrogen-bond donors (Lipinski definition) is 3. The second kappa shape index (κ2) is 6.75. The minimum atomic E-state index is -0.719. The highest BCUT2D eigenvalue weighted by Gasteiger charge is 2.08. The van der Waals surface area contributed by atoms with E-state index < -0.39 is 6.10 Å². The van der Waals surface area contributed by atoms with E-state index >= 15 is 0 Å². The van der Waals surface area contributed by atoms with Crippen LogP contribution in [0.1, 0.15) is 18.6 Å². The molecule has 94 valence electrons. The molecule has 17 heavy (non-hydrogen) atoms. The molecule has 5 heteroatoms. The molecular formula is C12H18N2O3. The lowest BCUT2D eigenvalue weighted by molar-refractivity contribution is 0.173. The average molecular weight is 238 g/mol. The number of urea groups is 1. The van der Waals surface area contributed by atoms with Gasteiger partial charge in [0.15, 0.2) is 0 Å². The van der Waals surface area contributed by atoms with Gasteiger partial charge in [0.1, 0.15) is 5.75 Å².